The molecule has 0 saturated carbocycles. The maximum Gasteiger partial charge on any atom is -0.00978 e. The van der Waals surface area contributed by atoms with Gasteiger partial charge in [0.25, 0.3) is 0 Å². The Morgan fingerprint density at radius 2 is 2.71 bits per heavy atom. The Morgan fingerprint density at radius 1 is 2.00 bits per heavy atom. The van der Waals surface area contributed by atoms with E-state index >= 15 is 0 Å². The zero-order chi connectivity index (χ0) is 5.28. The highest BCUT2D eigenvalue weighted by atomic mass is 32.2. The van der Waals surface area contributed by atoms with E-state index in [9.17, 15) is 4.21 Å². The zero-order valence-corrected chi connectivity index (χ0v) is 4.66. The highest BCUT2D eigenvalue weighted by molar-refractivity contribution is 8.02. The molecule has 0 radical (unpaired) electrons. The Morgan fingerprint density at radius 3 is 2.86 bits per heavy atom. The minimum atomic E-state index is -0.954. The minimum Gasteiger partial charge on any atom is -0.449 e. The predicted molar refractivity (Wildman–Crippen MR) is 29.1 cm³/mol. The van der Waals surface area contributed by atoms with Crippen LogP contribution in [-0.2, 0) is 10.8 Å². The molecule has 38 valence electrons. The predicted octanol–water partition coefficient (Wildman–Crippen LogP) is 0.441. The van der Waals surface area contributed by atoms with Crippen molar-refractivity contribution in [1.82, 2.24) is 0 Å². The lowest BCUT2D eigenvalue weighted by molar-refractivity contribution is 0.694. The molecule has 3 heteroatoms. The maximum absolute atomic E-state index is 10.4. The van der Waals surface area contributed by atoms with Crippen LogP contribution in [0.25, 0.3) is 0 Å². The highest BCUT2D eigenvalue weighted by Gasteiger charge is 1.88. The quantitative estimate of drug-likeness (QED) is 0.420. The number of rotatable bonds is 0. The lowest BCUT2D eigenvalue weighted by Crippen LogP contribution is -1.83. The van der Waals surface area contributed by atoms with Crippen LogP contribution in [0.1, 0.15) is 6.92 Å². The highest BCUT2D eigenvalue weighted by Crippen LogP contribution is 2.02. The molecule has 0 bridgehead atoms. The minimum absolute atomic E-state index is 0.708. The summed E-state index contributed by atoms with van der Waals surface area (Å²) in [6, 6.07) is 0. The molecule has 0 fully saturated rings. The van der Waals surface area contributed by atoms with Gasteiger partial charge in [0.15, 0.2) is 0 Å². The summed E-state index contributed by atoms with van der Waals surface area (Å²) in [4.78, 5) is 4.24. The van der Waals surface area contributed by atoms with Crippen molar-refractivity contribution in [3.05, 3.63) is 11.1 Å². The van der Waals surface area contributed by atoms with Crippen LogP contribution in [0.2, 0.25) is 0 Å². The van der Waals surface area contributed by atoms with E-state index in [1.807, 2.05) is 0 Å². The SMILES string of the molecule is CC1=[C-]N=CS1=O. The molecule has 0 spiro atoms. The van der Waals surface area contributed by atoms with Gasteiger partial charge in [-0.15, -0.1) is 6.20 Å². The number of hydrogen-bond acceptors (Lipinski definition) is 2. The zero-order valence-electron chi connectivity index (χ0n) is 3.84. The monoisotopic (exact) mass is 114 g/mol. The molecular formula is C4H4NOS-. The van der Waals surface area contributed by atoms with E-state index in [0.717, 1.165) is 0 Å². The van der Waals surface area contributed by atoms with Crippen LogP contribution in [0.4, 0.5) is 0 Å². The van der Waals surface area contributed by atoms with Crippen molar-refractivity contribution in [3.8, 4) is 0 Å². The molecule has 1 unspecified atom stereocenters. The molecule has 2 nitrogen and oxygen atoms in total. The van der Waals surface area contributed by atoms with Crippen molar-refractivity contribution in [2.45, 2.75) is 6.92 Å². The molecule has 1 heterocycles. The second kappa shape index (κ2) is 1.58. The topological polar surface area (TPSA) is 29.4 Å². The van der Waals surface area contributed by atoms with Gasteiger partial charge >= 0.3 is 0 Å². The van der Waals surface area contributed by atoms with Gasteiger partial charge in [0.2, 0.25) is 0 Å². The number of aliphatic imine (C=N–C) groups is 1. The first kappa shape index (κ1) is 4.71. The van der Waals surface area contributed by atoms with Crippen molar-refractivity contribution in [1.29, 1.82) is 0 Å². The van der Waals surface area contributed by atoms with Crippen LogP contribution >= 0.6 is 0 Å². The van der Waals surface area contributed by atoms with Gasteiger partial charge in [0.05, 0.1) is 0 Å². The molecule has 1 rings (SSSR count). The Hall–Kier alpha value is -0.440. The van der Waals surface area contributed by atoms with Crippen LogP contribution in [0, 0.1) is 6.20 Å². The van der Waals surface area contributed by atoms with Crippen LogP contribution in [-0.4, -0.2) is 9.76 Å². The average Bonchev–Trinajstić information content (AvgIpc) is 1.91. The molecule has 1 aliphatic heterocycles. The Labute approximate surface area is 44.4 Å². The molecule has 0 N–H and O–H groups in total. The van der Waals surface area contributed by atoms with E-state index in [2.05, 4.69) is 11.2 Å². The normalized spacial score (nSPS) is 28.1. The fraction of sp³-hybridized carbons (Fsp3) is 0.250. The maximum atomic E-state index is 10.4. The molecule has 7 heavy (non-hydrogen) atoms. The molecular weight excluding hydrogens is 110 g/mol. The van der Waals surface area contributed by atoms with Gasteiger partial charge in [-0.2, -0.15) is 0 Å². The Kier molecular flexibility index (Phi) is 1.06. The van der Waals surface area contributed by atoms with Crippen molar-refractivity contribution in [3.63, 3.8) is 0 Å². The van der Waals surface area contributed by atoms with Gasteiger partial charge in [-0.05, 0) is 17.7 Å². The van der Waals surface area contributed by atoms with Gasteiger partial charge < -0.3 is 4.99 Å². The summed E-state index contributed by atoms with van der Waals surface area (Å²) in [5.41, 5.74) is 1.37. The molecule has 0 amide bonds. The molecule has 1 atom stereocenters. The van der Waals surface area contributed by atoms with Gasteiger partial charge in [-0.25, -0.2) is 0 Å². The Bertz CT molecular complexity index is 159. The summed E-state index contributed by atoms with van der Waals surface area (Å²) < 4.78 is 10.4. The van der Waals surface area contributed by atoms with Crippen LogP contribution < -0.4 is 0 Å². The fourth-order valence-corrected chi connectivity index (χ4v) is 0.738. The van der Waals surface area contributed by atoms with Crippen molar-refractivity contribution in [2.24, 2.45) is 4.99 Å². The second-order valence-corrected chi connectivity index (χ2v) is 2.62. The summed E-state index contributed by atoms with van der Waals surface area (Å²) in [6.07, 6.45) is 2.56. The molecule has 0 saturated heterocycles. The van der Waals surface area contributed by atoms with E-state index in [4.69, 9.17) is 0 Å². The molecule has 1 aliphatic rings. The third kappa shape index (κ3) is 0.771. The molecule has 0 aromatic rings. The molecule has 0 aromatic carbocycles. The summed E-state index contributed by atoms with van der Waals surface area (Å²) >= 11 is 0. The summed E-state index contributed by atoms with van der Waals surface area (Å²) in [5, 5.41) is 0. The number of hydrogen-bond donors (Lipinski definition) is 0. The number of allylic oxidation sites excluding steroid dienone is 1. The smallest absolute Gasteiger partial charge is 0.00978 e. The van der Waals surface area contributed by atoms with E-state index in [1.54, 1.807) is 6.92 Å². The van der Waals surface area contributed by atoms with Crippen molar-refractivity contribution >= 4 is 16.3 Å². The van der Waals surface area contributed by atoms with E-state index in [1.165, 1.54) is 5.55 Å². The summed E-state index contributed by atoms with van der Waals surface area (Å²) in [5.74, 6) is 0. The van der Waals surface area contributed by atoms with E-state index in [-0.39, 0.29) is 0 Å². The van der Waals surface area contributed by atoms with Gasteiger partial charge in [0.1, 0.15) is 0 Å². The second-order valence-electron chi connectivity index (χ2n) is 1.20. The van der Waals surface area contributed by atoms with Crippen LogP contribution in [0.15, 0.2) is 9.90 Å². The van der Waals surface area contributed by atoms with Crippen LogP contribution in [0.5, 0.6) is 0 Å². The van der Waals surface area contributed by atoms with Gasteiger partial charge in [-0.3, -0.25) is 4.21 Å². The largest absolute Gasteiger partial charge is 0.449 e. The van der Waals surface area contributed by atoms with Gasteiger partial charge in [-0.1, -0.05) is 10.5 Å². The number of nitrogens with zero attached hydrogens (tertiary/aromatic N) is 1. The van der Waals surface area contributed by atoms with E-state index in [0.29, 0.717) is 4.91 Å². The Balaban J connectivity index is 2.89. The fourth-order valence-electron chi connectivity index (χ4n) is 0.289. The first-order valence-electron chi connectivity index (χ1n) is 1.84. The van der Waals surface area contributed by atoms with Crippen molar-refractivity contribution < 1.29 is 4.21 Å². The standard InChI is InChI=1S/C4H4NOS/c1-4-2-5-3-7(4)6/h3H,1H3/q-1. The van der Waals surface area contributed by atoms with Crippen LogP contribution in [0.3, 0.4) is 0 Å². The molecule has 0 aliphatic carbocycles. The van der Waals surface area contributed by atoms with Crippen molar-refractivity contribution in [2.75, 3.05) is 0 Å². The molecule has 0 aromatic heterocycles. The third-order valence-corrected chi connectivity index (χ3v) is 1.66. The van der Waals surface area contributed by atoms with E-state index < -0.39 is 10.8 Å². The average molecular weight is 114 g/mol. The summed E-state index contributed by atoms with van der Waals surface area (Å²) in [6.45, 7) is 1.74. The third-order valence-electron chi connectivity index (χ3n) is 0.672. The first-order valence-corrected chi connectivity index (χ1v) is 3.05. The lowest BCUT2D eigenvalue weighted by atomic mass is 10.7. The summed E-state index contributed by atoms with van der Waals surface area (Å²) in [7, 11) is -0.954. The van der Waals surface area contributed by atoms with Gasteiger partial charge in [0, 0.05) is 0 Å². The lowest BCUT2D eigenvalue weighted by Gasteiger charge is -1.88. The first-order chi connectivity index (χ1) is 3.30.